The fourth-order valence-electron chi connectivity index (χ4n) is 1.83. The lowest BCUT2D eigenvalue weighted by Crippen LogP contribution is -2.37. The Morgan fingerprint density at radius 3 is 3.00 bits per heavy atom. The Morgan fingerprint density at radius 2 is 2.40 bits per heavy atom. The van der Waals surface area contributed by atoms with E-state index in [-0.39, 0.29) is 18.1 Å². The van der Waals surface area contributed by atoms with Crippen molar-refractivity contribution in [2.24, 2.45) is 0 Å². The number of nitrogens with zero attached hydrogens (tertiary/aromatic N) is 2. The van der Waals surface area contributed by atoms with E-state index >= 15 is 0 Å². The number of carbonyl (C=O) groups excluding carboxylic acids is 1. The number of carbonyl (C=O) groups is 1. The van der Waals surface area contributed by atoms with Gasteiger partial charge in [-0.25, -0.2) is 4.79 Å². The lowest BCUT2D eigenvalue weighted by Gasteiger charge is -2.15. The fraction of sp³-hybridized carbons (Fsp3) is 0.571. The molecule has 6 heteroatoms. The van der Waals surface area contributed by atoms with Crippen molar-refractivity contribution in [3.8, 4) is 0 Å². The number of aromatic nitrogens is 2. The van der Waals surface area contributed by atoms with Crippen LogP contribution in [0, 0.1) is 0 Å². The first kappa shape index (κ1) is 16.2. The van der Waals surface area contributed by atoms with Crippen molar-refractivity contribution in [3.63, 3.8) is 0 Å². The molecule has 1 aromatic rings. The third-order valence-electron chi connectivity index (χ3n) is 2.99. The topological polar surface area (TPSA) is 68.2 Å². The summed E-state index contributed by atoms with van der Waals surface area (Å²) >= 11 is 0. The molecule has 0 bridgehead atoms. The number of rotatable bonds is 8. The highest BCUT2D eigenvalue weighted by Gasteiger charge is 2.11. The number of amides is 2. The molecule has 1 heterocycles. The molecule has 112 valence electrons. The third-order valence-corrected chi connectivity index (χ3v) is 2.99. The summed E-state index contributed by atoms with van der Waals surface area (Å²) in [6, 6.07) is 1.74. The standard InChI is InChI=1S/C14H24N4O2/c1-5-7-12(6-2)15-14(19)16-13-8-9-18(17-13)11(3)10-20-4/h5,8-9,11-12H,1,6-7,10H2,2-4H3,(H2,15,16,17,19)/t11-,12+/m1/s1. The molecular formula is C14H24N4O2. The number of methoxy groups -OCH3 is 1. The molecule has 1 aromatic heterocycles. The van der Waals surface area contributed by atoms with Crippen LogP contribution in [0.4, 0.5) is 10.6 Å². The van der Waals surface area contributed by atoms with E-state index in [4.69, 9.17) is 4.74 Å². The molecule has 0 saturated carbocycles. The summed E-state index contributed by atoms with van der Waals surface area (Å²) in [5.41, 5.74) is 0. The molecule has 0 fully saturated rings. The molecule has 1 rings (SSSR count). The van der Waals surface area contributed by atoms with Crippen LogP contribution in [0.3, 0.4) is 0 Å². The summed E-state index contributed by atoms with van der Waals surface area (Å²) < 4.78 is 6.84. The van der Waals surface area contributed by atoms with Gasteiger partial charge in [-0.1, -0.05) is 13.0 Å². The molecule has 0 saturated heterocycles. The van der Waals surface area contributed by atoms with E-state index in [9.17, 15) is 4.79 Å². The number of hydrogen-bond donors (Lipinski definition) is 2. The van der Waals surface area contributed by atoms with E-state index in [2.05, 4.69) is 22.3 Å². The number of anilines is 1. The van der Waals surface area contributed by atoms with Crippen molar-refractivity contribution in [1.29, 1.82) is 0 Å². The molecule has 0 aliphatic heterocycles. The minimum atomic E-state index is -0.247. The Labute approximate surface area is 120 Å². The number of nitrogens with one attached hydrogen (secondary N) is 2. The van der Waals surface area contributed by atoms with Crippen molar-refractivity contribution in [2.75, 3.05) is 19.0 Å². The van der Waals surface area contributed by atoms with E-state index in [1.807, 2.05) is 20.0 Å². The van der Waals surface area contributed by atoms with Crippen LogP contribution in [0.2, 0.25) is 0 Å². The van der Waals surface area contributed by atoms with Crippen molar-refractivity contribution in [3.05, 3.63) is 24.9 Å². The minimum Gasteiger partial charge on any atom is -0.382 e. The predicted molar refractivity (Wildman–Crippen MR) is 79.9 cm³/mol. The summed E-state index contributed by atoms with van der Waals surface area (Å²) in [5.74, 6) is 0.527. The molecule has 0 aliphatic rings. The van der Waals surface area contributed by atoms with Gasteiger partial charge >= 0.3 is 6.03 Å². The van der Waals surface area contributed by atoms with Gasteiger partial charge in [-0.15, -0.1) is 6.58 Å². The van der Waals surface area contributed by atoms with Crippen molar-refractivity contribution < 1.29 is 9.53 Å². The summed E-state index contributed by atoms with van der Waals surface area (Å²) in [7, 11) is 1.65. The summed E-state index contributed by atoms with van der Waals surface area (Å²) in [6.07, 6.45) is 5.23. The maximum Gasteiger partial charge on any atom is 0.320 e. The third kappa shape index (κ3) is 5.05. The molecule has 0 aromatic carbocycles. The second kappa shape index (κ2) is 8.37. The first-order valence-electron chi connectivity index (χ1n) is 6.83. The second-order valence-electron chi connectivity index (χ2n) is 4.71. The zero-order chi connectivity index (χ0) is 15.0. The quantitative estimate of drug-likeness (QED) is 0.719. The van der Waals surface area contributed by atoms with Gasteiger partial charge in [-0.3, -0.25) is 10.00 Å². The van der Waals surface area contributed by atoms with E-state index in [0.717, 1.165) is 12.8 Å². The lowest BCUT2D eigenvalue weighted by molar-refractivity contribution is 0.157. The van der Waals surface area contributed by atoms with E-state index in [1.54, 1.807) is 23.9 Å². The van der Waals surface area contributed by atoms with Gasteiger partial charge in [0.25, 0.3) is 0 Å². The first-order valence-corrected chi connectivity index (χ1v) is 6.83. The Morgan fingerprint density at radius 1 is 1.65 bits per heavy atom. The maximum atomic E-state index is 11.8. The average molecular weight is 280 g/mol. The highest BCUT2D eigenvalue weighted by Crippen LogP contribution is 2.09. The van der Waals surface area contributed by atoms with Gasteiger partial charge in [0.2, 0.25) is 0 Å². The van der Waals surface area contributed by atoms with Gasteiger partial charge in [-0.2, -0.15) is 5.10 Å². The van der Waals surface area contributed by atoms with Crippen LogP contribution in [0.25, 0.3) is 0 Å². The Hall–Kier alpha value is -1.82. The highest BCUT2D eigenvalue weighted by atomic mass is 16.5. The smallest absolute Gasteiger partial charge is 0.320 e. The molecule has 0 unspecified atom stereocenters. The Kier molecular flexibility index (Phi) is 6.79. The molecule has 20 heavy (non-hydrogen) atoms. The van der Waals surface area contributed by atoms with Gasteiger partial charge in [-0.05, 0) is 19.8 Å². The van der Waals surface area contributed by atoms with Gasteiger partial charge in [0.1, 0.15) is 0 Å². The maximum absolute atomic E-state index is 11.8. The van der Waals surface area contributed by atoms with Crippen molar-refractivity contribution in [2.45, 2.75) is 38.8 Å². The Bertz CT molecular complexity index is 431. The average Bonchev–Trinajstić information content (AvgIpc) is 2.87. The Balaban J connectivity index is 2.51. The van der Waals surface area contributed by atoms with Gasteiger partial charge in [0, 0.05) is 25.4 Å². The number of ether oxygens (including phenoxy) is 1. The molecule has 6 nitrogen and oxygen atoms in total. The van der Waals surface area contributed by atoms with Gasteiger partial charge in [0.05, 0.1) is 12.6 Å². The van der Waals surface area contributed by atoms with Crippen LogP contribution in [0.1, 0.15) is 32.7 Å². The highest BCUT2D eigenvalue weighted by molar-refractivity contribution is 5.88. The second-order valence-corrected chi connectivity index (χ2v) is 4.71. The van der Waals surface area contributed by atoms with Crippen LogP contribution in [0.15, 0.2) is 24.9 Å². The van der Waals surface area contributed by atoms with Crippen LogP contribution < -0.4 is 10.6 Å². The van der Waals surface area contributed by atoms with Crippen molar-refractivity contribution >= 4 is 11.8 Å². The fourth-order valence-corrected chi connectivity index (χ4v) is 1.83. The first-order chi connectivity index (χ1) is 9.60. The number of hydrogen-bond acceptors (Lipinski definition) is 3. The summed E-state index contributed by atoms with van der Waals surface area (Å²) in [5, 5.41) is 9.90. The molecular weight excluding hydrogens is 256 g/mol. The zero-order valence-corrected chi connectivity index (χ0v) is 12.4. The van der Waals surface area contributed by atoms with Crippen LogP contribution >= 0.6 is 0 Å². The summed E-state index contributed by atoms with van der Waals surface area (Å²) in [6.45, 7) is 8.28. The van der Waals surface area contributed by atoms with Crippen LogP contribution in [0.5, 0.6) is 0 Å². The largest absolute Gasteiger partial charge is 0.382 e. The van der Waals surface area contributed by atoms with Gasteiger partial charge < -0.3 is 10.1 Å². The van der Waals surface area contributed by atoms with Crippen LogP contribution in [-0.4, -0.2) is 35.6 Å². The molecule has 0 radical (unpaired) electrons. The van der Waals surface area contributed by atoms with Crippen LogP contribution in [-0.2, 0) is 4.74 Å². The van der Waals surface area contributed by atoms with E-state index in [0.29, 0.717) is 12.4 Å². The normalized spacial score (nSPS) is 13.6. The minimum absolute atomic E-state index is 0.0991. The molecule has 2 atom stereocenters. The van der Waals surface area contributed by atoms with Gasteiger partial charge in [0.15, 0.2) is 5.82 Å². The monoisotopic (exact) mass is 280 g/mol. The molecule has 0 aliphatic carbocycles. The summed E-state index contributed by atoms with van der Waals surface area (Å²) in [4.78, 5) is 11.8. The van der Waals surface area contributed by atoms with Crippen molar-refractivity contribution in [1.82, 2.24) is 15.1 Å². The molecule has 2 amide bonds. The predicted octanol–water partition coefficient (Wildman–Crippen LogP) is 2.57. The molecule has 2 N–H and O–H groups in total. The molecule has 0 spiro atoms. The lowest BCUT2D eigenvalue weighted by atomic mass is 10.1. The number of urea groups is 1. The van der Waals surface area contributed by atoms with E-state index in [1.165, 1.54) is 0 Å². The zero-order valence-electron chi connectivity index (χ0n) is 12.4. The SMILES string of the molecule is C=CC[C@H](CC)NC(=O)Nc1ccn([C@H](C)COC)n1. The van der Waals surface area contributed by atoms with E-state index < -0.39 is 0 Å².